The summed E-state index contributed by atoms with van der Waals surface area (Å²) in [5.74, 6) is -0.398. The molecule has 0 amide bonds. The molecule has 0 spiro atoms. The summed E-state index contributed by atoms with van der Waals surface area (Å²) in [6.45, 7) is 3.84. The molecule has 0 bridgehead atoms. The van der Waals surface area contributed by atoms with Gasteiger partial charge in [0, 0.05) is 6.08 Å². The van der Waals surface area contributed by atoms with Crippen molar-refractivity contribution in [1.29, 1.82) is 0 Å². The van der Waals surface area contributed by atoms with Crippen molar-refractivity contribution in [3.63, 3.8) is 0 Å². The molecule has 2 aromatic carbocycles. The van der Waals surface area contributed by atoms with Gasteiger partial charge in [0.2, 0.25) is 0 Å². The van der Waals surface area contributed by atoms with Crippen molar-refractivity contribution in [2.45, 2.75) is 44.4 Å². The molecular weight excluding hydrogens is 383 g/mol. The van der Waals surface area contributed by atoms with Gasteiger partial charge >= 0.3 is 11.9 Å². The number of para-hydroxylation sites is 1. The molecule has 1 aliphatic rings. The van der Waals surface area contributed by atoms with Gasteiger partial charge in [0.1, 0.15) is 0 Å². The zero-order valence-corrected chi connectivity index (χ0v) is 17.0. The van der Waals surface area contributed by atoms with Gasteiger partial charge in [-0.3, -0.25) is 0 Å². The molecule has 0 radical (unpaired) electrons. The first-order valence-corrected chi connectivity index (χ1v) is 10.4. The van der Waals surface area contributed by atoms with E-state index in [4.69, 9.17) is 9.47 Å². The van der Waals surface area contributed by atoms with E-state index in [9.17, 15) is 14.0 Å². The van der Waals surface area contributed by atoms with Crippen molar-refractivity contribution in [3.05, 3.63) is 78.1 Å². The van der Waals surface area contributed by atoms with Crippen LogP contribution in [0.4, 0.5) is 4.39 Å². The fourth-order valence-corrected chi connectivity index (χ4v) is 3.97. The Morgan fingerprint density at radius 3 is 2.40 bits per heavy atom. The highest BCUT2D eigenvalue weighted by Gasteiger charge is 2.22. The van der Waals surface area contributed by atoms with Crippen molar-refractivity contribution in [2.75, 3.05) is 6.61 Å². The van der Waals surface area contributed by atoms with Gasteiger partial charge in [-0.25, -0.2) is 14.0 Å². The average molecular weight is 410 g/mol. The number of carbonyl (C=O) groups is 2. The first kappa shape index (κ1) is 21.8. The average Bonchev–Trinajstić information content (AvgIpc) is 2.78. The molecule has 30 heavy (non-hydrogen) atoms. The number of carbonyl (C=O) groups excluding carboxylic acids is 2. The topological polar surface area (TPSA) is 52.6 Å². The number of esters is 2. The molecule has 1 saturated carbocycles. The Morgan fingerprint density at radius 1 is 1.03 bits per heavy atom. The minimum absolute atomic E-state index is 0.0656. The zero-order chi connectivity index (χ0) is 21.3. The lowest BCUT2D eigenvalue weighted by molar-refractivity contribution is -0.137. The summed E-state index contributed by atoms with van der Waals surface area (Å²) in [5.41, 5.74) is 1.63. The van der Waals surface area contributed by atoms with Crippen LogP contribution in [0.3, 0.4) is 0 Å². The van der Waals surface area contributed by atoms with Gasteiger partial charge < -0.3 is 9.47 Å². The molecule has 0 atom stereocenters. The summed E-state index contributed by atoms with van der Waals surface area (Å²) in [4.78, 5) is 23.3. The SMILES string of the molecule is C=CC(=O)OCCCC1CCC(c2ccc(C(=O)Oc3ccccc3F)cc2)CC1. The summed E-state index contributed by atoms with van der Waals surface area (Å²) in [6.07, 6.45) is 7.66. The Bertz CT molecular complexity index is 867. The van der Waals surface area contributed by atoms with Gasteiger partial charge in [-0.1, -0.05) is 30.8 Å². The third-order valence-electron chi connectivity index (χ3n) is 5.67. The van der Waals surface area contributed by atoms with E-state index < -0.39 is 11.8 Å². The maximum atomic E-state index is 13.7. The number of benzene rings is 2. The summed E-state index contributed by atoms with van der Waals surface area (Å²) in [7, 11) is 0. The monoisotopic (exact) mass is 410 g/mol. The molecule has 0 aromatic heterocycles. The van der Waals surface area contributed by atoms with Crippen molar-refractivity contribution >= 4 is 11.9 Å². The molecule has 5 heteroatoms. The van der Waals surface area contributed by atoms with E-state index in [1.165, 1.54) is 23.8 Å². The predicted octanol–water partition coefficient (Wildman–Crippen LogP) is 5.83. The molecule has 1 aliphatic carbocycles. The second-order valence-electron chi connectivity index (χ2n) is 7.67. The lowest BCUT2D eigenvalue weighted by Gasteiger charge is -2.29. The Labute approximate surface area is 176 Å². The molecule has 0 N–H and O–H groups in total. The highest BCUT2D eigenvalue weighted by atomic mass is 19.1. The van der Waals surface area contributed by atoms with Crippen LogP contribution in [0.25, 0.3) is 0 Å². The largest absolute Gasteiger partial charge is 0.463 e. The number of ether oxygens (including phenoxy) is 2. The third kappa shape index (κ3) is 6.02. The maximum absolute atomic E-state index is 13.7. The molecule has 4 nitrogen and oxygen atoms in total. The van der Waals surface area contributed by atoms with E-state index >= 15 is 0 Å². The van der Waals surface area contributed by atoms with Crippen LogP contribution in [0, 0.1) is 11.7 Å². The van der Waals surface area contributed by atoms with Crippen LogP contribution >= 0.6 is 0 Å². The van der Waals surface area contributed by atoms with Crippen LogP contribution in [-0.4, -0.2) is 18.5 Å². The summed E-state index contributed by atoms with van der Waals surface area (Å²) < 4.78 is 23.8. The van der Waals surface area contributed by atoms with Crippen molar-refractivity contribution < 1.29 is 23.5 Å². The van der Waals surface area contributed by atoms with E-state index in [0.29, 0.717) is 24.0 Å². The second-order valence-corrected chi connectivity index (χ2v) is 7.67. The van der Waals surface area contributed by atoms with Crippen molar-refractivity contribution in [2.24, 2.45) is 5.92 Å². The van der Waals surface area contributed by atoms with Crippen molar-refractivity contribution in [3.8, 4) is 5.75 Å². The fraction of sp³-hybridized carbons (Fsp3) is 0.360. The van der Waals surface area contributed by atoms with Gasteiger partial charge in [-0.2, -0.15) is 0 Å². The zero-order valence-electron chi connectivity index (χ0n) is 17.0. The van der Waals surface area contributed by atoms with Crippen molar-refractivity contribution in [1.82, 2.24) is 0 Å². The Hall–Kier alpha value is -2.95. The van der Waals surface area contributed by atoms with Crippen LogP contribution in [-0.2, 0) is 9.53 Å². The summed E-state index contributed by atoms with van der Waals surface area (Å²) in [6, 6.07) is 13.3. The minimum atomic E-state index is -0.562. The molecule has 0 heterocycles. The molecule has 0 unspecified atom stereocenters. The van der Waals surface area contributed by atoms with Crippen LogP contribution < -0.4 is 4.74 Å². The highest BCUT2D eigenvalue weighted by Crippen LogP contribution is 2.37. The van der Waals surface area contributed by atoms with E-state index in [-0.39, 0.29) is 11.7 Å². The molecule has 2 aromatic rings. The minimum Gasteiger partial charge on any atom is -0.463 e. The standard InChI is InChI=1S/C25H27FO4/c1-2-24(27)29-17-5-6-18-9-11-19(12-10-18)20-13-15-21(16-14-20)25(28)30-23-8-4-3-7-22(23)26/h2-4,7-8,13-16,18-19H,1,5-6,9-12,17H2. The number of halogens is 1. The highest BCUT2D eigenvalue weighted by molar-refractivity contribution is 5.91. The van der Waals surface area contributed by atoms with E-state index in [2.05, 4.69) is 6.58 Å². The summed E-state index contributed by atoms with van der Waals surface area (Å²) >= 11 is 0. The molecule has 158 valence electrons. The van der Waals surface area contributed by atoms with Crippen LogP contribution in [0.5, 0.6) is 5.75 Å². The predicted molar refractivity (Wildman–Crippen MR) is 113 cm³/mol. The van der Waals surface area contributed by atoms with Gasteiger partial charge in [-0.15, -0.1) is 0 Å². The van der Waals surface area contributed by atoms with Gasteiger partial charge in [-0.05, 0) is 80.2 Å². The lowest BCUT2D eigenvalue weighted by atomic mass is 9.77. The first-order valence-electron chi connectivity index (χ1n) is 10.4. The smallest absolute Gasteiger partial charge is 0.343 e. The maximum Gasteiger partial charge on any atom is 0.343 e. The van der Waals surface area contributed by atoms with Crippen LogP contribution in [0.1, 0.15) is 60.4 Å². The molecule has 3 rings (SSSR count). The third-order valence-corrected chi connectivity index (χ3v) is 5.67. The molecule has 0 aliphatic heterocycles. The lowest BCUT2D eigenvalue weighted by Crippen LogP contribution is -2.15. The van der Waals surface area contributed by atoms with Gasteiger partial charge in [0.15, 0.2) is 11.6 Å². The fourth-order valence-electron chi connectivity index (χ4n) is 3.97. The number of hydrogen-bond acceptors (Lipinski definition) is 4. The number of hydrogen-bond donors (Lipinski definition) is 0. The van der Waals surface area contributed by atoms with Crippen LogP contribution in [0.2, 0.25) is 0 Å². The Kier molecular flexibility index (Phi) is 7.77. The molecule has 1 fully saturated rings. The Balaban J connectivity index is 1.45. The van der Waals surface area contributed by atoms with E-state index in [1.54, 1.807) is 24.3 Å². The van der Waals surface area contributed by atoms with Crippen LogP contribution in [0.15, 0.2) is 61.2 Å². The second kappa shape index (κ2) is 10.7. The summed E-state index contributed by atoms with van der Waals surface area (Å²) in [5, 5.41) is 0. The number of rotatable bonds is 8. The van der Waals surface area contributed by atoms with Gasteiger partial charge in [0.25, 0.3) is 0 Å². The van der Waals surface area contributed by atoms with E-state index in [1.807, 2.05) is 12.1 Å². The normalized spacial score (nSPS) is 18.4. The van der Waals surface area contributed by atoms with E-state index in [0.717, 1.165) is 38.5 Å². The molecule has 0 saturated heterocycles. The molecular formula is C25H27FO4. The van der Waals surface area contributed by atoms with Gasteiger partial charge in [0.05, 0.1) is 12.2 Å². The Morgan fingerprint density at radius 2 is 1.73 bits per heavy atom. The quantitative estimate of drug-likeness (QED) is 0.238. The first-order chi connectivity index (χ1) is 14.6.